The van der Waals surface area contributed by atoms with Gasteiger partial charge in [0.15, 0.2) is 5.82 Å². The molecular formula is C21H21F3N8O. The van der Waals surface area contributed by atoms with E-state index in [-0.39, 0.29) is 29.5 Å². The summed E-state index contributed by atoms with van der Waals surface area (Å²) >= 11 is 0. The molecule has 0 aliphatic carbocycles. The van der Waals surface area contributed by atoms with Crippen LogP contribution in [0.4, 0.5) is 19.1 Å². The molecule has 0 fully saturated rings. The average molecular weight is 458 g/mol. The van der Waals surface area contributed by atoms with E-state index < -0.39 is 30.6 Å². The Hall–Kier alpha value is -3.88. The molecule has 0 unspecified atom stereocenters. The summed E-state index contributed by atoms with van der Waals surface area (Å²) in [5.74, 6) is -0.322. The first-order chi connectivity index (χ1) is 15.8. The molecule has 4 aromatic rings. The van der Waals surface area contributed by atoms with Gasteiger partial charge in [-0.3, -0.25) is 0 Å². The minimum Gasteiger partial charge on any atom is -0.479 e. The number of benzene rings is 1. The quantitative estimate of drug-likeness (QED) is 0.429. The van der Waals surface area contributed by atoms with Gasteiger partial charge in [-0.15, -0.1) is 10.2 Å². The molecule has 0 bridgehead atoms. The molecule has 9 nitrogen and oxygen atoms in total. The number of nitriles is 1. The molecule has 1 aromatic carbocycles. The molecule has 33 heavy (non-hydrogen) atoms. The van der Waals surface area contributed by atoms with Crippen LogP contribution in [0.2, 0.25) is 0 Å². The Balaban J connectivity index is 1.83. The van der Waals surface area contributed by atoms with Gasteiger partial charge in [0, 0.05) is 6.54 Å². The summed E-state index contributed by atoms with van der Waals surface area (Å²) in [6.07, 6.45) is 1.18. The summed E-state index contributed by atoms with van der Waals surface area (Å²) in [6.45, 7) is 1.88. The van der Waals surface area contributed by atoms with Crippen LogP contribution in [-0.2, 0) is 0 Å². The number of nitrogens with zero attached hydrogens (tertiary/aromatic N) is 7. The zero-order chi connectivity index (χ0) is 23.8. The summed E-state index contributed by atoms with van der Waals surface area (Å²) in [6, 6.07) is 5.83. The Labute approximate surface area is 186 Å². The van der Waals surface area contributed by atoms with Gasteiger partial charge in [-0.25, -0.2) is 22.4 Å². The van der Waals surface area contributed by atoms with Crippen molar-refractivity contribution in [2.24, 2.45) is 5.41 Å². The average Bonchev–Trinajstić information content (AvgIpc) is 3.38. The van der Waals surface area contributed by atoms with Gasteiger partial charge < -0.3 is 10.1 Å². The first kappa shape index (κ1) is 22.3. The van der Waals surface area contributed by atoms with E-state index in [2.05, 4.69) is 31.8 Å². The zero-order valence-electron chi connectivity index (χ0n) is 18.2. The zero-order valence-corrected chi connectivity index (χ0v) is 18.2. The molecule has 0 aliphatic heterocycles. The van der Waals surface area contributed by atoms with Gasteiger partial charge in [-0.2, -0.15) is 10.2 Å². The first-order valence-corrected chi connectivity index (χ1v) is 10.1. The summed E-state index contributed by atoms with van der Waals surface area (Å²) in [5.41, 5.74) is 0.958. The molecular weight excluding hydrogens is 437 g/mol. The predicted octanol–water partition coefficient (Wildman–Crippen LogP) is 3.73. The van der Waals surface area contributed by atoms with E-state index >= 15 is 4.39 Å². The van der Waals surface area contributed by atoms with Crippen LogP contribution in [0.1, 0.15) is 19.9 Å². The maximum atomic E-state index is 15.1. The molecule has 4 rings (SSSR count). The Kier molecular flexibility index (Phi) is 5.80. The normalized spacial score (nSPS) is 11.9. The number of nitrogens with one attached hydrogen (secondary N) is 1. The minimum atomic E-state index is -1.12. The molecule has 1 N–H and O–H groups in total. The second kappa shape index (κ2) is 8.57. The SMILES string of the molecule is COc1nc(NCC(C)(C)C#N)nn2cc(F)c(-c3ccc4nnn(C(CF)CF)c4c3)c12. The fourth-order valence-electron chi connectivity index (χ4n) is 3.39. The Morgan fingerprint density at radius 3 is 2.70 bits per heavy atom. The Morgan fingerprint density at radius 2 is 2.03 bits per heavy atom. The molecule has 0 saturated heterocycles. The smallest absolute Gasteiger partial charge is 0.244 e. The highest BCUT2D eigenvalue weighted by molar-refractivity contribution is 5.89. The van der Waals surface area contributed by atoms with Crippen LogP contribution in [0.15, 0.2) is 24.4 Å². The number of methoxy groups -OCH3 is 1. The van der Waals surface area contributed by atoms with Crippen LogP contribution < -0.4 is 10.1 Å². The standard InChI is InChI=1S/C21H21F3N8O/c1-21(2,10-25)11-26-20-27-19(33-3)18-17(14(24)9-31(18)29-20)12-4-5-15-16(6-12)32(30-28-15)13(7-22)8-23/h4-6,9,13H,7-8,11H2,1-3H3,(H,26,29). The molecule has 0 radical (unpaired) electrons. The van der Waals surface area contributed by atoms with E-state index in [0.717, 1.165) is 4.68 Å². The summed E-state index contributed by atoms with van der Waals surface area (Å²) in [4.78, 5) is 4.31. The molecule has 3 aromatic heterocycles. The molecule has 172 valence electrons. The molecule has 3 heterocycles. The van der Waals surface area contributed by atoms with Crippen LogP contribution in [0.5, 0.6) is 5.88 Å². The van der Waals surface area contributed by atoms with Gasteiger partial charge >= 0.3 is 0 Å². The number of anilines is 1. The number of ether oxygens (including phenoxy) is 1. The molecule has 0 amide bonds. The highest BCUT2D eigenvalue weighted by Crippen LogP contribution is 2.35. The van der Waals surface area contributed by atoms with Crippen molar-refractivity contribution in [3.63, 3.8) is 0 Å². The number of aromatic nitrogens is 6. The first-order valence-electron chi connectivity index (χ1n) is 10.1. The van der Waals surface area contributed by atoms with Crippen molar-refractivity contribution >= 4 is 22.5 Å². The third-order valence-electron chi connectivity index (χ3n) is 5.20. The van der Waals surface area contributed by atoms with E-state index in [1.54, 1.807) is 32.0 Å². The highest BCUT2D eigenvalue weighted by Gasteiger charge is 2.23. The topological polar surface area (TPSA) is 106 Å². The van der Waals surface area contributed by atoms with Crippen LogP contribution in [-0.4, -0.2) is 56.6 Å². The van der Waals surface area contributed by atoms with E-state index in [1.807, 2.05) is 0 Å². The second-order valence-corrected chi connectivity index (χ2v) is 8.14. The van der Waals surface area contributed by atoms with Crippen molar-refractivity contribution in [3.8, 4) is 23.1 Å². The minimum absolute atomic E-state index is 0.110. The molecule has 0 atom stereocenters. The van der Waals surface area contributed by atoms with E-state index in [1.165, 1.54) is 17.8 Å². The lowest BCUT2D eigenvalue weighted by Crippen LogP contribution is -2.22. The molecule has 12 heteroatoms. The van der Waals surface area contributed by atoms with Gasteiger partial charge in [-0.05, 0) is 31.5 Å². The van der Waals surface area contributed by atoms with Crippen molar-refractivity contribution in [1.82, 2.24) is 29.6 Å². The summed E-state index contributed by atoms with van der Waals surface area (Å²) < 4.78 is 49.5. The number of halogens is 3. The third-order valence-corrected chi connectivity index (χ3v) is 5.20. The summed E-state index contributed by atoms with van der Waals surface area (Å²) in [5, 5.41) is 24.2. The maximum Gasteiger partial charge on any atom is 0.244 e. The predicted molar refractivity (Wildman–Crippen MR) is 115 cm³/mol. The van der Waals surface area contributed by atoms with Gasteiger partial charge in [0.2, 0.25) is 11.8 Å². The number of alkyl halides is 2. The fourth-order valence-corrected chi connectivity index (χ4v) is 3.39. The van der Waals surface area contributed by atoms with Crippen LogP contribution in [0.25, 0.3) is 27.7 Å². The lowest BCUT2D eigenvalue weighted by atomic mass is 9.96. The van der Waals surface area contributed by atoms with Crippen LogP contribution in [0, 0.1) is 22.6 Å². The van der Waals surface area contributed by atoms with Crippen LogP contribution >= 0.6 is 0 Å². The number of hydrogen-bond donors (Lipinski definition) is 1. The Morgan fingerprint density at radius 1 is 1.27 bits per heavy atom. The van der Waals surface area contributed by atoms with Crippen molar-refractivity contribution in [3.05, 3.63) is 30.2 Å². The third kappa shape index (κ3) is 4.02. The fraction of sp³-hybridized carbons (Fsp3) is 0.381. The van der Waals surface area contributed by atoms with Gasteiger partial charge in [0.25, 0.3) is 0 Å². The molecule has 0 aliphatic rings. The van der Waals surface area contributed by atoms with Crippen LogP contribution in [0.3, 0.4) is 0 Å². The van der Waals surface area contributed by atoms with E-state index in [9.17, 15) is 14.0 Å². The van der Waals surface area contributed by atoms with Crippen molar-refractivity contribution in [2.45, 2.75) is 19.9 Å². The van der Waals surface area contributed by atoms with E-state index in [0.29, 0.717) is 16.6 Å². The van der Waals surface area contributed by atoms with Gasteiger partial charge in [0.1, 0.15) is 30.4 Å². The van der Waals surface area contributed by atoms with E-state index in [4.69, 9.17) is 4.74 Å². The van der Waals surface area contributed by atoms with Crippen molar-refractivity contribution in [2.75, 3.05) is 32.3 Å². The van der Waals surface area contributed by atoms with Crippen molar-refractivity contribution < 1.29 is 17.9 Å². The second-order valence-electron chi connectivity index (χ2n) is 8.14. The number of hydrogen-bond acceptors (Lipinski definition) is 7. The number of rotatable bonds is 8. The Bertz CT molecular complexity index is 1350. The molecule has 0 spiro atoms. The van der Waals surface area contributed by atoms with Gasteiger partial charge in [0.05, 0.1) is 35.9 Å². The van der Waals surface area contributed by atoms with Gasteiger partial charge in [-0.1, -0.05) is 11.3 Å². The largest absolute Gasteiger partial charge is 0.479 e. The highest BCUT2D eigenvalue weighted by atomic mass is 19.1. The lowest BCUT2D eigenvalue weighted by Gasteiger charge is -2.16. The maximum absolute atomic E-state index is 15.1. The lowest BCUT2D eigenvalue weighted by molar-refractivity contribution is 0.274. The summed E-state index contributed by atoms with van der Waals surface area (Å²) in [7, 11) is 1.40. The molecule has 0 saturated carbocycles. The van der Waals surface area contributed by atoms with Crippen molar-refractivity contribution in [1.29, 1.82) is 5.26 Å². The number of fused-ring (bicyclic) bond motifs is 2. The monoisotopic (exact) mass is 458 g/mol.